The predicted molar refractivity (Wildman–Crippen MR) is 57.9 cm³/mol. The molecule has 1 atom stereocenters. The first-order chi connectivity index (χ1) is 7.95. The lowest BCUT2D eigenvalue weighted by atomic mass is 10.1. The van der Waals surface area contributed by atoms with Crippen LogP contribution in [-0.4, -0.2) is 17.9 Å². The lowest BCUT2D eigenvalue weighted by molar-refractivity contribution is -0.206. The van der Waals surface area contributed by atoms with Gasteiger partial charge in [0.2, 0.25) is 0 Å². The fraction of sp³-hybridized carbons (Fsp3) is 0.500. The molecule has 1 rings (SSSR count). The van der Waals surface area contributed by atoms with E-state index in [0.717, 1.165) is 12.8 Å². The molecule has 2 nitrogen and oxygen atoms in total. The Bertz CT molecular complexity index is 333. The molecule has 0 unspecified atom stereocenters. The lowest BCUT2D eigenvalue weighted by Crippen LogP contribution is -2.20. The summed E-state index contributed by atoms with van der Waals surface area (Å²) in [6, 6.07) is 5.30. The fourth-order valence-electron chi connectivity index (χ4n) is 1.27. The van der Waals surface area contributed by atoms with Crippen molar-refractivity contribution in [1.82, 2.24) is 0 Å². The summed E-state index contributed by atoms with van der Waals surface area (Å²) in [5.41, 5.74) is -0.180. The van der Waals surface area contributed by atoms with Gasteiger partial charge in [0.15, 0.2) is 6.10 Å². The van der Waals surface area contributed by atoms with Gasteiger partial charge in [-0.05, 0) is 24.1 Å². The summed E-state index contributed by atoms with van der Waals surface area (Å²) < 4.78 is 41.9. The molecule has 0 radical (unpaired) electrons. The fourth-order valence-corrected chi connectivity index (χ4v) is 1.27. The van der Waals surface area contributed by atoms with E-state index in [2.05, 4.69) is 0 Å². The number of halogens is 3. The Morgan fingerprint density at radius 1 is 1.24 bits per heavy atom. The summed E-state index contributed by atoms with van der Waals surface area (Å²) in [6.45, 7) is 2.56. The van der Waals surface area contributed by atoms with E-state index < -0.39 is 12.3 Å². The normalized spacial score (nSPS) is 13.5. The molecule has 0 saturated carbocycles. The third kappa shape index (κ3) is 4.26. The highest BCUT2D eigenvalue weighted by Crippen LogP contribution is 2.32. The van der Waals surface area contributed by atoms with Gasteiger partial charge >= 0.3 is 6.18 Å². The number of aliphatic hydroxyl groups excluding tert-OH is 1. The molecule has 0 aliphatic carbocycles. The van der Waals surface area contributed by atoms with Crippen LogP contribution in [0.1, 0.15) is 31.4 Å². The topological polar surface area (TPSA) is 29.5 Å². The number of hydrogen-bond donors (Lipinski definition) is 1. The molecule has 0 aliphatic heterocycles. The summed E-state index contributed by atoms with van der Waals surface area (Å²) in [5, 5.41) is 9.00. The Hall–Kier alpha value is -1.23. The first-order valence-corrected chi connectivity index (χ1v) is 5.42. The van der Waals surface area contributed by atoms with Crippen molar-refractivity contribution in [3.05, 3.63) is 29.8 Å². The number of rotatable bonds is 5. The molecule has 0 aromatic heterocycles. The zero-order valence-corrected chi connectivity index (χ0v) is 9.50. The number of ether oxygens (including phenoxy) is 1. The lowest BCUT2D eigenvalue weighted by Gasteiger charge is -2.15. The standard InChI is InChI=1S/C12H15F3O2/c1-2-3-8-17-10-6-4-9(5-7-10)11(16)12(13,14)15/h4-7,11,16H,2-3,8H2,1H3/t11-/m1/s1. The van der Waals surface area contributed by atoms with Crippen LogP contribution < -0.4 is 4.74 Å². The van der Waals surface area contributed by atoms with Gasteiger partial charge in [0, 0.05) is 0 Å². The molecule has 0 heterocycles. The average molecular weight is 248 g/mol. The molecule has 0 amide bonds. The molecule has 1 N–H and O–H groups in total. The summed E-state index contributed by atoms with van der Waals surface area (Å²) in [7, 11) is 0. The molecule has 0 spiro atoms. The maximum absolute atomic E-state index is 12.2. The van der Waals surface area contributed by atoms with Crippen molar-refractivity contribution in [2.75, 3.05) is 6.61 Å². The highest BCUT2D eigenvalue weighted by Gasteiger charge is 2.39. The van der Waals surface area contributed by atoms with Gasteiger partial charge < -0.3 is 9.84 Å². The molecule has 5 heteroatoms. The minimum Gasteiger partial charge on any atom is -0.494 e. The number of benzene rings is 1. The summed E-state index contributed by atoms with van der Waals surface area (Å²) in [5.74, 6) is 0.511. The predicted octanol–water partition coefficient (Wildman–Crippen LogP) is 3.46. The van der Waals surface area contributed by atoms with Crippen molar-refractivity contribution >= 4 is 0 Å². The Labute approximate surface area is 98.0 Å². The molecule has 1 aromatic rings. The van der Waals surface area contributed by atoms with E-state index in [0.29, 0.717) is 12.4 Å². The highest BCUT2D eigenvalue weighted by molar-refractivity contribution is 5.29. The Morgan fingerprint density at radius 2 is 1.82 bits per heavy atom. The van der Waals surface area contributed by atoms with E-state index in [1.807, 2.05) is 6.92 Å². The minimum absolute atomic E-state index is 0.180. The van der Waals surface area contributed by atoms with Crippen molar-refractivity contribution < 1.29 is 23.0 Å². The van der Waals surface area contributed by atoms with Crippen LogP contribution in [0.3, 0.4) is 0 Å². The molecular formula is C12H15F3O2. The number of aliphatic hydroxyl groups is 1. The Balaban J connectivity index is 2.61. The third-order valence-corrected chi connectivity index (χ3v) is 2.27. The summed E-state index contributed by atoms with van der Waals surface area (Å²) >= 11 is 0. The quantitative estimate of drug-likeness (QED) is 0.808. The minimum atomic E-state index is -4.63. The van der Waals surface area contributed by atoms with Crippen LogP contribution in [-0.2, 0) is 0 Å². The van der Waals surface area contributed by atoms with Crippen molar-refractivity contribution in [3.8, 4) is 5.75 Å². The Kier molecular flexibility index (Phi) is 4.81. The second-order valence-electron chi connectivity index (χ2n) is 3.72. The molecule has 0 fully saturated rings. The van der Waals surface area contributed by atoms with Gasteiger partial charge in [-0.3, -0.25) is 0 Å². The largest absolute Gasteiger partial charge is 0.494 e. The van der Waals surface area contributed by atoms with Gasteiger partial charge in [-0.15, -0.1) is 0 Å². The summed E-state index contributed by atoms with van der Waals surface area (Å²) in [4.78, 5) is 0. The smallest absolute Gasteiger partial charge is 0.418 e. The zero-order valence-electron chi connectivity index (χ0n) is 9.50. The van der Waals surface area contributed by atoms with Crippen LogP contribution in [0.2, 0.25) is 0 Å². The van der Waals surface area contributed by atoms with Gasteiger partial charge in [-0.25, -0.2) is 0 Å². The number of unbranched alkanes of at least 4 members (excludes halogenated alkanes) is 1. The van der Waals surface area contributed by atoms with Gasteiger partial charge in [0.05, 0.1) is 6.61 Å². The monoisotopic (exact) mass is 248 g/mol. The number of alkyl halides is 3. The maximum Gasteiger partial charge on any atom is 0.418 e. The zero-order chi connectivity index (χ0) is 12.9. The van der Waals surface area contributed by atoms with Crippen LogP contribution >= 0.6 is 0 Å². The first-order valence-electron chi connectivity index (χ1n) is 5.42. The Morgan fingerprint density at radius 3 is 2.29 bits per heavy atom. The van der Waals surface area contributed by atoms with E-state index in [4.69, 9.17) is 9.84 Å². The van der Waals surface area contributed by atoms with Crippen LogP contribution in [0.5, 0.6) is 5.75 Å². The van der Waals surface area contributed by atoms with E-state index >= 15 is 0 Å². The van der Waals surface area contributed by atoms with Gasteiger partial charge in [-0.1, -0.05) is 25.5 Å². The van der Waals surface area contributed by atoms with Crippen molar-refractivity contribution in [3.63, 3.8) is 0 Å². The molecular weight excluding hydrogens is 233 g/mol. The van der Waals surface area contributed by atoms with E-state index in [1.54, 1.807) is 0 Å². The third-order valence-electron chi connectivity index (χ3n) is 2.27. The molecule has 17 heavy (non-hydrogen) atoms. The van der Waals surface area contributed by atoms with Gasteiger partial charge in [0.1, 0.15) is 5.75 Å². The first kappa shape index (κ1) is 13.8. The molecule has 0 aliphatic rings. The van der Waals surface area contributed by atoms with E-state index in [1.165, 1.54) is 24.3 Å². The van der Waals surface area contributed by atoms with Gasteiger partial charge in [0.25, 0.3) is 0 Å². The molecule has 0 saturated heterocycles. The number of hydrogen-bond acceptors (Lipinski definition) is 2. The molecule has 0 bridgehead atoms. The maximum atomic E-state index is 12.2. The van der Waals surface area contributed by atoms with E-state index in [-0.39, 0.29) is 5.56 Å². The van der Waals surface area contributed by atoms with Crippen LogP contribution in [0.25, 0.3) is 0 Å². The van der Waals surface area contributed by atoms with Crippen LogP contribution in [0.15, 0.2) is 24.3 Å². The average Bonchev–Trinajstić information content (AvgIpc) is 2.28. The van der Waals surface area contributed by atoms with Crippen LogP contribution in [0, 0.1) is 0 Å². The summed E-state index contributed by atoms with van der Waals surface area (Å²) in [6.07, 6.45) is -5.19. The molecule has 1 aromatic carbocycles. The van der Waals surface area contributed by atoms with Crippen LogP contribution in [0.4, 0.5) is 13.2 Å². The second-order valence-corrected chi connectivity index (χ2v) is 3.72. The van der Waals surface area contributed by atoms with Crippen molar-refractivity contribution in [2.45, 2.75) is 32.0 Å². The molecule has 96 valence electrons. The van der Waals surface area contributed by atoms with E-state index in [9.17, 15) is 13.2 Å². The van der Waals surface area contributed by atoms with Crippen molar-refractivity contribution in [1.29, 1.82) is 0 Å². The van der Waals surface area contributed by atoms with Gasteiger partial charge in [-0.2, -0.15) is 13.2 Å². The van der Waals surface area contributed by atoms with Crippen molar-refractivity contribution in [2.24, 2.45) is 0 Å². The SMILES string of the molecule is CCCCOc1ccc([C@@H](O)C(F)(F)F)cc1. The highest BCUT2D eigenvalue weighted by atomic mass is 19.4. The second kappa shape index (κ2) is 5.91.